The third-order valence-corrected chi connectivity index (χ3v) is 6.32. The van der Waals surface area contributed by atoms with Gasteiger partial charge in [-0.1, -0.05) is 57.8 Å². The highest BCUT2D eigenvalue weighted by Crippen LogP contribution is 2.28. The summed E-state index contributed by atoms with van der Waals surface area (Å²) < 4.78 is 0. The van der Waals surface area contributed by atoms with Gasteiger partial charge in [0.2, 0.25) is 0 Å². The van der Waals surface area contributed by atoms with Crippen molar-refractivity contribution in [1.29, 1.82) is 0 Å². The van der Waals surface area contributed by atoms with Crippen LogP contribution in [0.4, 0.5) is 0 Å². The number of hydrazine groups is 1. The van der Waals surface area contributed by atoms with Gasteiger partial charge >= 0.3 is 0 Å². The Morgan fingerprint density at radius 3 is 1.57 bits per heavy atom. The van der Waals surface area contributed by atoms with E-state index in [-0.39, 0.29) is 0 Å². The molecule has 3 saturated carbocycles. The summed E-state index contributed by atoms with van der Waals surface area (Å²) in [6.45, 7) is 0. The number of rotatable bonds is 4. The van der Waals surface area contributed by atoms with Gasteiger partial charge in [0.25, 0.3) is 0 Å². The first-order valence-electron chi connectivity index (χ1n) is 10.2. The molecule has 0 aliphatic heterocycles. The molecule has 0 radical (unpaired) electrons. The normalized spacial score (nSPS) is 25.4. The van der Waals surface area contributed by atoms with Gasteiger partial charge in [0, 0.05) is 18.1 Å². The SMILES string of the molecule is S=C(NC1CCCCC1)NN(C1CCCCC1)C1CCCCC1. The molecule has 2 N–H and O–H groups in total. The van der Waals surface area contributed by atoms with E-state index in [1.807, 2.05) is 0 Å². The van der Waals surface area contributed by atoms with E-state index < -0.39 is 0 Å². The zero-order valence-electron chi connectivity index (χ0n) is 14.7. The van der Waals surface area contributed by atoms with Crippen molar-refractivity contribution in [3.05, 3.63) is 0 Å². The third-order valence-electron chi connectivity index (χ3n) is 6.11. The first-order chi connectivity index (χ1) is 11.3. The summed E-state index contributed by atoms with van der Waals surface area (Å²) in [6, 6.07) is 1.99. The number of hydrogen-bond donors (Lipinski definition) is 2. The quantitative estimate of drug-likeness (QED) is 0.576. The Hall–Kier alpha value is -0.350. The molecule has 0 bridgehead atoms. The van der Waals surface area contributed by atoms with E-state index in [1.54, 1.807) is 0 Å². The van der Waals surface area contributed by atoms with Gasteiger partial charge in [0.15, 0.2) is 5.11 Å². The van der Waals surface area contributed by atoms with Crippen molar-refractivity contribution < 1.29 is 0 Å². The summed E-state index contributed by atoms with van der Waals surface area (Å²) in [5, 5.41) is 7.07. The molecule has 3 nitrogen and oxygen atoms in total. The fraction of sp³-hybridized carbons (Fsp3) is 0.947. The molecule has 0 aromatic rings. The van der Waals surface area contributed by atoms with Gasteiger partial charge in [0.05, 0.1) is 0 Å². The standard InChI is InChI=1S/C19H35N3S/c23-19(20-16-10-4-1-5-11-16)21-22(17-12-6-2-7-13-17)18-14-8-3-9-15-18/h16-18H,1-15H2,(H2,20,21,23). The van der Waals surface area contributed by atoms with Crippen LogP contribution >= 0.6 is 12.2 Å². The molecule has 3 aliphatic carbocycles. The molecule has 4 heteroatoms. The Balaban J connectivity index is 1.56. The summed E-state index contributed by atoms with van der Waals surface area (Å²) in [4.78, 5) is 0. The molecule has 3 rings (SSSR count). The fourth-order valence-electron chi connectivity index (χ4n) is 4.78. The molecule has 0 aromatic heterocycles. The predicted octanol–water partition coefficient (Wildman–Crippen LogP) is 4.67. The maximum Gasteiger partial charge on any atom is 0.181 e. The third kappa shape index (κ3) is 5.32. The van der Waals surface area contributed by atoms with E-state index in [0.29, 0.717) is 18.1 Å². The summed E-state index contributed by atoms with van der Waals surface area (Å²) in [5.41, 5.74) is 3.66. The van der Waals surface area contributed by atoms with Crippen LogP contribution in [0.3, 0.4) is 0 Å². The number of thiocarbonyl (C=S) groups is 1. The largest absolute Gasteiger partial charge is 0.359 e. The van der Waals surface area contributed by atoms with E-state index in [2.05, 4.69) is 15.8 Å². The minimum absolute atomic E-state index is 0.600. The molecule has 23 heavy (non-hydrogen) atoms. The van der Waals surface area contributed by atoms with Crippen LogP contribution in [0.5, 0.6) is 0 Å². The summed E-state index contributed by atoms with van der Waals surface area (Å²) >= 11 is 5.69. The van der Waals surface area contributed by atoms with Gasteiger partial charge in [-0.3, -0.25) is 5.43 Å². The van der Waals surface area contributed by atoms with Gasteiger partial charge in [-0.25, -0.2) is 5.01 Å². The summed E-state index contributed by atoms with van der Waals surface area (Å²) in [6.07, 6.45) is 20.4. The smallest absolute Gasteiger partial charge is 0.181 e. The summed E-state index contributed by atoms with van der Waals surface area (Å²) in [5.74, 6) is 0. The van der Waals surface area contributed by atoms with Crippen molar-refractivity contribution >= 4 is 17.3 Å². The molecule has 0 amide bonds. The highest BCUT2D eigenvalue weighted by atomic mass is 32.1. The van der Waals surface area contributed by atoms with Gasteiger partial charge in [0.1, 0.15) is 0 Å². The number of nitrogens with zero attached hydrogens (tertiary/aromatic N) is 1. The minimum atomic E-state index is 0.600. The lowest BCUT2D eigenvalue weighted by molar-refractivity contribution is 0.0531. The first-order valence-corrected chi connectivity index (χ1v) is 10.6. The molecule has 0 heterocycles. The Bertz CT molecular complexity index is 338. The maximum absolute atomic E-state index is 5.69. The van der Waals surface area contributed by atoms with E-state index in [9.17, 15) is 0 Å². The molecule has 0 spiro atoms. The molecule has 0 aromatic carbocycles. The molecular weight excluding hydrogens is 302 g/mol. The van der Waals surface area contributed by atoms with Gasteiger partial charge in [-0.2, -0.15) is 0 Å². The topological polar surface area (TPSA) is 27.3 Å². The van der Waals surface area contributed by atoms with Crippen molar-refractivity contribution in [2.45, 2.75) is 114 Å². The van der Waals surface area contributed by atoms with Crippen molar-refractivity contribution in [3.63, 3.8) is 0 Å². The Labute approximate surface area is 147 Å². The fourth-order valence-corrected chi connectivity index (χ4v) is 5.05. The second-order valence-corrected chi connectivity index (χ2v) is 8.32. The second kappa shape index (κ2) is 9.22. The molecule has 132 valence electrons. The lowest BCUT2D eigenvalue weighted by Crippen LogP contribution is -2.58. The Morgan fingerprint density at radius 2 is 1.09 bits per heavy atom. The summed E-state index contributed by atoms with van der Waals surface area (Å²) in [7, 11) is 0. The average molecular weight is 338 g/mol. The average Bonchev–Trinajstić information content (AvgIpc) is 2.62. The minimum Gasteiger partial charge on any atom is -0.359 e. The van der Waals surface area contributed by atoms with Crippen LogP contribution in [0.15, 0.2) is 0 Å². The van der Waals surface area contributed by atoms with Crippen LogP contribution in [0.1, 0.15) is 96.3 Å². The van der Waals surface area contributed by atoms with Crippen LogP contribution in [0.2, 0.25) is 0 Å². The van der Waals surface area contributed by atoms with Crippen molar-refractivity contribution in [1.82, 2.24) is 15.8 Å². The van der Waals surface area contributed by atoms with E-state index in [4.69, 9.17) is 12.2 Å². The van der Waals surface area contributed by atoms with Crippen LogP contribution in [0.25, 0.3) is 0 Å². The van der Waals surface area contributed by atoms with E-state index >= 15 is 0 Å². The highest BCUT2D eigenvalue weighted by Gasteiger charge is 2.29. The second-order valence-electron chi connectivity index (χ2n) is 7.91. The van der Waals surface area contributed by atoms with Crippen LogP contribution in [-0.4, -0.2) is 28.2 Å². The van der Waals surface area contributed by atoms with Crippen molar-refractivity contribution in [2.24, 2.45) is 0 Å². The van der Waals surface area contributed by atoms with E-state index in [1.165, 1.54) is 96.3 Å². The van der Waals surface area contributed by atoms with Crippen LogP contribution in [-0.2, 0) is 0 Å². The van der Waals surface area contributed by atoms with Gasteiger partial charge < -0.3 is 5.32 Å². The Morgan fingerprint density at radius 1 is 0.652 bits per heavy atom. The molecule has 0 saturated heterocycles. The van der Waals surface area contributed by atoms with Crippen molar-refractivity contribution in [2.75, 3.05) is 0 Å². The highest BCUT2D eigenvalue weighted by molar-refractivity contribution is 7.80. The molecule has 3 fully saturated rings. The van der Waals surface area contributed by atoms with Crippen LogP contribution in [0, 0.1) is 0 Å². The zero-order chi connectivity index (χ0) is 15.9. The lowest BCUT2D eigenvalue weighted by atomic mass is 9.90. The monoisotopic (exact) mass is 337 g/mol. The first kappa shape index (κ1) is 17.5. The lowest BCUT2D eigenvalue weighted by Gasteiger charge is -2.42. The predicted molar refractivity (Wildman–Crippen MR) is 101 cm³/mol. The molecule has 0 unspecified atom stereocenters. The van der Waals surface area contributed by atoms with Crippen molar-refractivity contribution in [3.8, 4) is 0 Å². The number of hydrogen-bond acceptors (Lipinski definition) is 2. The molecule has 3 aliphatic rings. The van der Waals surface area contributed by atoms with Gasteiger partial charge in [-0.15, -0.1) is 0 Å². The van der Waals surface area contributed by atoms with Gasteiger partial charge in [-0.05, 0) is 50.7 Å². The Kier molecular flexibility index (Phi) is 7.00. The maximum atomic E-state index is 5.69. The number of nitrogens with one attached hydrogen (secondary N) is 2. The zero-order valence-corrected chi connectivity index (χ0v) is 15.5. The molecular formula is C19H35N3S. The van der Waals surface area contributed by atoms with E-state index in [0.717, 1.165) is 5.11 Å². The van der Waals surface area contributed by atoms with Crippen LogP contribution < -0.4 is 10.7 Å². The molecule has 0 atom stereocenters.